The second-order valence-electron chi connectivity index (χ2n) is 5.69. The monoisotopic (exact) mass is 299 g/mol. The van der Waals surface area contributed by atoms with E-state index in [0.717, 1.165) is 32.5 Å². The summed E-state index contributed by atoms with van der Waals surface area (Å²) in [7, 11) is 0. The zero-order valence-electron chi connectivity index (χ0n) is 11.9. The van der Waals surface area contributed by atoms with Crippen LogP contribution in [0, 0.1) is 5.92 Å². The van der Waals surface area contributed by atoms with Crippen LogP contribution in [0.25, 0.3) is 0 Å². The lowest BCUT2D eigenvalue weighted by atomic mass is 9.92. The minimum Gasteiger partial charge on any atom is -0.299 e. The van der Waals surface area contributed by atoms with E-state index >= 15 is 0 Å². The maximum atomic E-state index is 12.2. The van der Waals surface area contributed by atoms with E-state index in [-0.39, 0.29) is 12.3 Å². The van der Waals surface area contributed by atoms with E-state index in [1.807, 2.05) is 18.2 Å². The molecule has 1 atom stereocenters. The Kier molecular flexibility index (Phi) is 5.39. The van der Waals surface area contributed by atoms with Gasteiger partial charge in [0.2, 0.25) is 5.78 Å². The Hall–Kier alpha value is -1.36. The third kappa shape index (κ3) is 5.16. The predicted octanol–water partition coefficient (Wildman–Crippen LogP) is 3.81. The number of hydrogen-bond donors (Lipinski definition) is 0. The summed E-state index contributed by atoms with van der Waals surface area (Å²) in [6.07, 6.45) is -2.83. The van der Waals surface area contributed by atoms with Crippen LogP contribution in [-0.2, 0) is 11.3 Å². The van der Waals surface area contributed by atoms with Gasteiger partial charge < -0.3 is 0 Å². The van der Waals surface area contributed by atoms with Gasteiger partial charge in [-0.3, -0.25) is 9.69 Å². The molecule has 1 saturated heterocycles. The van der Waals surface area contributed by atoms with Crippen LogP contribution in [0.15, 0.2) is 30.3 Å². The molecular formula is C16H20F3NO. The first kappa shape index (κ1) is 16.0. The lowest BCUT2D eigenvalue weighted by molar-refractivity contribution is -0.171. The Morgan fingerprint density at radius 3 is 2.62 bits per heavy atom. The SMILES string of the molecule is O=C(CCC1CCCN(Cc2ccccc2)C1)C(F)(F)F. The minimum absolute atomic E-state index is 0.189. The van der Waals surface area contributed by atoms with Crippen LogP contribution in [0.3, 0.4) is 0 Å². The van der Waals surface area contributed by atoms with E-state index in [4.69, 9.17) is 0 Å². The average Bonchev–Trinajstić information content (AvgIpc) is 2.45. The normalized spacial score (nSPS) is 20.4. The van der Waals surface area contributed by atoms with E-state index in [1.54, 1.807) is 0 Å². The number of ketones is 1. The first-order valence-corrected chi connectivity index (χ1v) is 7.31. The Bertz CT molecular complexity index is 458. The molecule has 0 spiro atoms. The Balaban J connectivity index is 1.80. The van der Waals surface area contributed by atoms with Crippen LogP contribution in [0.4, 0.5) is 13.2 Å². The van der Waals surface area contributed by atoms with Gasteiger partial charge in [-0.25, -0.2) is 0 Å². The van der Waals surface area contributed by atoms with Crippen molar-refractivity contribution in [1.29, 1.82) is 0 Å². The van der Waals surface area contributed by atoms with Gasteiger partial charge in [0.1, 0.15) is 0 Å². The number of likely N-dealkylation sites (tertiary alicyclic amines) is 1. The van der Waals surface area contributed by atoms with Gasteiger partial charge >= 0.3 is 6.18 Å². The Morgan fingerprint density at radius 1 is 1.24 bits per heavy atom. The number of hydrogen-bond acceptors (Lipinski definition) is 2. The van der Waals surface area contributed by atoms with Gasteiger partial charge in [0.05, 0.1) is 0 Å². The number of benzene rings is 1. The number of nitrogens with zero attached hydrogens (tertiary/aromatic N) is 1. The fourth-order valence-electron chi connectivity index (χ4n) is 2.85. The van der Waals surface area contributed by atoms with Crippen LogP contribution >= 0.6 is 0 Å². The number of carbonyl (C=O) groups excluding carboxylic acids is 1. The van der Waals surface area contributed by atoms with Crippen molar-refractivity contribution < 1.29 is 18.0 Å². The molecule has 116 valence electrons. The quantitative estimate of drug-likeness (QED) is 0.824. The molecule has 0 aliphatic carbocycles. The lowest BCUT2D eigenvalue weighted by Gasteiger charge is -2.32. The highest BCUT2D eigenvalue weighted by atomic mass is 19.4. The zero-order valence-corrected chi connectivity index (χ0v) is 11.9. The molecule has 0 radical (unpaired) electrons. The fraction of sp³-hybridized carbons (Fsp3) is 0.562. The molecule has 0 aromatic heterocycles. The van der Waals surface area contributed by atoms with E-state index in [1.165, 1.54) is 5.56 Å². The number of Topliss-reactive ketones (excluding diaryl/α,β-unsaturated/α-hetero) is 1. The smallest absolute Gasteiger partial charge is 0.299 e. The molecule has 2 nitrogen and oxygen atoms in total. The molecule has 1 aromatic carbocycles. The highest BCUT2D eigenvalue weighted by molar-refractivity contribution is 5.83. The van der Waals surface area contributed by atoms with Gasteiger partial charge in [-0.15, -0.1) is 0 Å². The first-order valence-electron chi connectivity index (χ1n) is 7.31. The predicted molar refractivity (Wildman–Crippen MR) is 74.7 cm³/mol. The molecule has 1 aliphatic heterocycles. The molecule has 0 N–H and O–H groups in total. The van der Waals surface area contributed by atoms with Crippen molar-refractivity contribution >= 4 is 5.78 Å². The summed E-state index contributed by atoms with van der Waals surface area (Å²) in [6, 6.07) is 10.0. The maximum absolute atomic E-state index is 12.2. The van der Waals surface area contributed by atoms with Gasteiger partial charge in [0.25, 0.3) is 0 Å². The number of carbonyl (C=O) groups is 1. The molecular weight excluding hydrogens is 279 g/mol. The van der Waals surface area contributed by atoms with Crippen LogP contribution in [-0.4, -0.2) is 29.9 Å². The summed E-state index contributed by atoms with van der Waals surface area (Å²) in [5.41, 5.74) is 1.21. The van der Waals surface area contributed by atoms with Crippen LogP contribution in [0.2, 0.25) is 0 Å². The van der Waals surface area contributed by atoms with Crippen LogP contribution < -0.4 is 0 Å². The molecule has 21 heavy (non-hydrogen) atoms. The highest BCUT2D eigenvalue weighted by Gasteiger charge is 2.37. The summed E-state index contributed by atoms with van der Waals surface area (Å²) in [4.78, 5) is 13.2. The molecule has 0 bridgehead atoms. The summed E-state index contributed by atoms with van der Waals surface area (Å²) in [5, 5.41) is 0. The molecule has 1 heterocycles. The van der Waals surface area contributed by atoms with Crippen molar-refractivity contribution in [3.63, 3.8) is 0 Å². The first-order chi connectivity index (χ1) is 9.95. The van der Waals surface area contributed by atoms with Crippen molar-refractivity contribution in [3.05, 3.63) is 35.9 Å². The number of halogens is 3. The molecule has 1 unspecified atom stereocenters. The van der Waals surface area contributed by atoms with Crippen LogP contribution in [0.5, 0.6) is 0 Å². The molecule has 2 rings (SSSR count). The summed E-state index contributed by atoms with van der Waals surface area (Å²) in [5.74, 6) is -1.41. The van der Waals surface area contributed by atoms with E-state index in [2.05, 4.69) is 17.0 Å². The second-order valence-corrected chi connectivity index (χ2v) is 5.69. The molecule has 0 saturated carbocycles. The number of rotatable bonds is 5. The fourth-order valence-corrected chi connectivity index (χ4v) is 2.85. The van der Waals surface area contributed by atoms with Gasteiger partial charge in [-0.2, -0.15) is 13.2 Å². The Morgan fingerprint density at radius 2 is 1.95 bits per heavy atom. The number of alkyl halides is 3. The Labute approximate surface area is 122 Å². The third-order valence-corrected chi connectivity index (χ3v) is 3.95. The minimum atomic E-state index is -4.68. The zero-order chi connectivity index (χ0) is 15.3. The van der Waals surface area contributed by atoms with Crippen molar-refractivity contribution in [2.45, 2.75) is 38.4 Å². The molecule has 5 heteroatoms. The lowest BCUT2D eigenvalue weighted by Crippen LogP contribution is -2.35. The van der Waals surface area contributed by atoms with E-state index in [0.29, 0.717) is 6.42 Å². The molecule has 1 aromatic rings. The second kappa shape index (κ2) is 7.07. The van der Waals surface area contributed by atoms with Gasteiger partial charge in [-0.1, -0.05) is 30.3 Å². The van der Waals surface area contributed by atoms with E-state index < -0.39 is 12.0 Å². The molecule has 1 fully saturated rings. The van der Waals surface area contributed by atoms with E-state index in [9.17, 15) is 18.0 Å². The highest BCUT2D eigenvalue weighted by Crippen LogP contribution is 2.25. The van der Waals surface area contributed by atoms with Crippen molar-refractivity contribution in [1.82, 2.24) is 4.90 Å². The van der Waals surface area contributed by atoms with Gasteiger partial charge in [0, 0.05) is 19.5 Å². The van der Waals surface area contributed by atoms with Crippen LogP contribution in [0.1, 0.15) is 31.2 Å². The molecule has 0 amide bonds. The van der Waals surface area contributed by atoms with Crippen molar-refractivity contribution in [2.24, 2.45) is 5.92 Å². The average molecular weight is 299 g/mol. The van der Waals surface area contributed by atoms with Crippen molar-refractivity contribution in [3.8, 4) is 0 Å². The molecule has 1 aliphatic rings. The topological polar surface area (TPSA) is 20.3 Å². The van der Waals surface area contributed by atoms with Crippen molar-refractivity contribution in [2.75, 3.05) is 13.1 Å². The van der Waals surface area contributed by atoms with Gasteiger partial charge in [0.15, 0.2) is 0 Å². The number of piperidine rings is 1. The summed E-state index contributed by atoms with van der Waals surface area (Å²) >= 11 is 0. The van der Waals surface area contributed by atoms with Gasteiger partial charge in [-0.05, 0) is 37.3 Å². The largest absolute Gasteiger partial charge is 0.449 e. The summed E-state index contributed by atoms with van der Waals surface area (Å²) < 4.78 is 36.6. The maximum Gasteiger partial charge on any atom is 0.449 e. The third-order valence-electron chi connectivity index (χ3n) is 3.95. The standard InChI is InChI=1S/C16H20F3NO/c17-16(18,19)15(21)9-8-14-7-4-10-20(12-14)11-13-5-2-1-3-6-13/h1-3,5-6,14H,4,7-12H2. The summed E-state index contributed by atoms with van der Waals surface area (Å²) in [6.45, 7) is 2.57.